The van der Waals surface area contributed by atoms with Gasteiger partial charge in [0.2, 0.25) is 5.91 Å². The van der Waals surface area contributed by atoms with Gasteiger partial charge < -0.3 is 5.32 Å². The molecule has 1 aromatic carbocycles. The third kappa shape index (κ3) is 4.61. The molecule has 0 aliphatic rings. The van der Waals surface area contributed by atoms with Crippen molar-refractivity contribution in [2.75, 3.05) is 0 Å². The molecule has 0 heterocycles. The number of nitrogens with one attached hydrogen (secondary N) is 1. The molecule has 0 saturated carbocycles. The van der Waals surface area contributed by atoms with Crippen LogP contribution in [0.3, 0.4) is 0 Å². The summed E-state index contributed by atoms with van der Waals surface area (Å²) in [5, 5.41) is 3.58. The highest BCUT2D eigenvalue weighted by Gasteiger charge is 2.01. The lowest BCUT2D eigenvalue weighted by molar-refractivity contribution is -0.117. The molecular weight excluding hydrogens is 234 g/mol. The number of amides is 1. The Morgan fingerprint density at radius 2 is 2.24 bits per heavy atom. The van der Waals surface area contributed by atoms with Gasteiger partial charge in [-0.2, -0.15) is 0 Å². The van der Waals surface area contributed by atoms with E-state index in [1.54, 1.807) is 6.08 Å². The first-order valence-corrected chi connectivity index (χ1v) is 6.15. The van der Waals surface area contributed by atoms with Crippen molar-refractivity contribution in [3.8, 4) is 0 Å². The summed E-state index contributed by atoms with van der Waals surface area (Å²) < 4.78 is 0. The molecule has 0 aliphatic heterocycles. The molecular formula is C14H18ClNO. The van der Waals surface area contributed by atoms with Crippen molar-refractivity contribution in [3.63, 3.8) is 0 Å². The molecule has 0 radical (unpaired) electrons. The van der Waals surface area contributed by atoms with E-state index in [9.17, 15) is 4.79 Å². The molecule has 1 aromatic rings. The van der Waals surface area contributed by atoms with Gasteiger partial charge in [-0.1, -0.05) is 30.7 Å². The van der Waals surface area contributed by atoms with Crippen molar-refractivity contribution >= 4 is 23.6 Å². The number of carbonyl (C=O) groups is 1. The van der Waals surface area contributed by atoms with Crippen molar-refractivity contribution < 1.29 is 4.79 Å². The van der Waals surface area contributed by atoms with Gasteiger partial charge in [0, 0.05) is 17.1 Å². The normalized spacial score (nSPS) is 12.7. The fourth-order valence-electron chi connectivity index (χ4n) is 1.28. The summed E-state index contributed by atoms with van der Waals surface area (Å²) >= 11 is 6.00. The summed E-state index contributed by atoms with van der Waals surface area (Å²) in [7, 11) is 0. The largest absolute Gasteiger partial charge is 0.350 e. The third-order valence-corrected chi connectivity index (χ3v) is 3.03. The zero-order valence-corrected chi connectivity index (χ0v) is 11.2. The Labute approximate surface area is 108 Å². The summed E-state index contributed by atoms with van der Waals surface area (Å²) in [6.07, 6.45) is 4.23. The van der Waals surface area contributed by atoms with Crippen LogP contribution in [0.4, 0.5) is 0 Å². The zero-order chi connectivity index (χ0) is 12.8. The van der Waals surface area contributed by atoms with E-state index in [1.807, 2.05) is 39.0 Å². The van der Waals surface area contributed by atoms with Crippen molar-refractivity contribution in [2.45, 2.75) is 33.2 Å². The van der Waals surface area contributed by atoms with Gasteiger partial charge in [-0.15, -0.1) is 0 Å². The second-order valence-electron chi connectivity index (χ2n) is 4.16. The monoisotopic (exact) mass is 251 g/mol. The molecule has 92 valence electrons. The van der Waals surface area contributed by atoms with Crippen LogP contribution in [-0.4, -0.2) is 11.9 Å². The molecule has 17 heavy (non-hydrogen) atoms. The Bertz CT molecular complexity index is 426. The number of rotatable bonds is 4. The minimum absolute atomic E-state index is 0.0731. The highest BCUT2D eigenvalue weighted by molar-refractivity contribution is 6.31. The lowest BCUT2D eigenvalue weighted by atomic mass is 10.1. The number of carbonyl (C=O) groups excluding carboxylic acids is 1. The van der Waals surface area contributed by atoms with E-state index in [-0.39, 0.29) is 11.9 Å². The van der Waals surface area contributed by atoms with Gasteiger partial charge in [0.25, 0.3) is 0 Å². The smallest absolute Gasteiger partial charge is 0.244 e. The molecule has 0 aliphatic carbocycles. The van der Waals surface area contributed by atoms with Gasteiger partial charge in [0.1, 0.15) is 0 Å². The average Bonchev–Trinajstić information content (AvgIpc) is 2.30. The maximum Gasteiger partial charge on any atom is 0.244 e. The van der Waals surface area contributed by atoms with Crippen molar-refractivity contribution in [1.82, 2.24) is 5.32 Å². The van der Waals surface area contributed by atoms with E-state index in [1.165, 1.54) is 6.08 Å². The molecule has 0 saturated heterocycles. The van der Waals surface area contributed by atoms with Crippen LogP contribution in [0.2, 0.25) is 5.02 Å². The first-order valence-electron chi connectivity index (χ1n) is 5.77. The van der Waals surface area contributed by atoms with E-state index in [0.717, 1.165) is 22.6 Å². The molecule has 0 spiro atoms. The Morgan fingerprint density at radius 3 is 2.82 bits per heavy atom. The first-order chi connectivity index (χ1) is 8.02. The minimum Gasteiger partial charge on any atom is -0.350 e. The highest BCUT2D eigenvalue weighted by Crippen LogP contribution is 2.17. The van der Waals surface area contributed by atoms with Crippen molar-refractivity contribution in [2.24, 2.45) is 0 Å². The van der Waals surface area contributed by atoms with E-state index in [4.69, 9.17) is 11.6 Å². The number of hydrogen-bond acceptors (Lipinski definition) is 1. The number of aryl methyl sites for hydroxylation is 1. The molecule has 0 bridgehead atoms. The molecule has 1 atom stereocenters. The molecule has 3 heteroatoms. The van der Waals surface area contributed by atoms with E-state index in [0.29, 0.717) is 0 Å². The predicted octanol–water partition coefficient (Wildman–Crippen LogP) is 3.58. The second kappa shape index (κ2) is 6.45. The molecule has 0 fully saturated rings. The Morgan fingerprint density at radius 1 is 1.53 bits per heavy atom. The van der Waals surface area contributed by atoms with E-state index in [2.05, 4.69) is 5.32 Å². The molecule has 1 unspecified atom stereocenters. The number of halogens is 1. The number of hydrogen-bond donors (Lipinski definition) is 1. The molecule has 1 amide bonds. The fourth-order valence-corrected chi connectivity index (χ4v) is 1.47. The van der Waals surface area contributed by atoms with Gasteiger partial charge >= 0.3 is 0 Å². The maximum atomic E-state index is 11.5. The first kappa shape index (κ1) is 13.8. The van der Waals surface area contributed by atoms with Gasteiger partial charge in [0.15, 0.2) is 0 Å². The summed E-state index contributed by atoms with van der Waals surface area (Å²) in [4.78, 5) is 11.5. The summed E-state index contributed by atoms with van der Waals surface area (Å²) in [6, 6.07) is 5.93. The average molecular weight is 252 g/mol. The molecule has 1 rings (SSSR count). The minimum atomic E-state index is -0.0731. The van der Waals surface area contributed by atoms with Crippen LogP contribution in [-0.2, 0) is 4.79 Å². The maximum absolute atomic E-state index is 11.5. The topological polar surface area (TPSA) is 29.1 Å². The molecule has 1 N–H and O–H groups in total. The summed E-state index contributed by atoms with van der Waals surface area (Å²) in [5.74, 6) is -0.0731. The SMILES string of the molecule is CCC(C)NC(=O)C=Cc1ccc(C)c(Cl)c1. The highest BCUT2D eigenvalue weighted by atomic mass is 35.5. The predicted molar refractivity (Wildman–Crippen MR) is 73.1 cm³/mol. The van der Waals surface area contributed by atoms with Crippen LogP contribution in [0.15, 0.2) is 24.3 Å². The van der Waals surface area contributed by atoms with E-state index < -0.39 is 0 Å². The summed E-state index contributed by atoms with van der Waals surface area (Å²) in [6.45, 7) is 5.97. The zero-order valence-electron chi connectivity index (χ0n) is 10.5. The van der Waals surface area contributed by atoms with Gasteiger partial charge in [-0.25, -0.2) is 0 Å². The second-order valence-corrected chi connectivity index (χ2v) is 4.57. The van der Waals surface area contributed by atoms with Crippen LogP contribution in [0.5, 0.6) is 0 Å². The fraction of sp³-hybridized carbons (Fsp3) is 0.357. The van der Waals surface area contributed by atoms with Crippen LogP contribution in [0.1, 0.15) is 31.4 Å². The molecule has 0 aromatic heterocycles. The Balaban J connectivity index is 2.64. The Kier molecular flexibility index (Phi) is 5.23. The van der Waals surface area contributed by atoms with E-state index >= 15 is 0 Å². The van der Waals surface area contributed by atoms with Gasteiger partial charge in [-0.3, -0.25) is 4.79 Å². The molecule has 2 nitrogen and oxygen atoms in total. The van der Waals surface area contributed by atoms with Crippen molar-refractivity contribution in [3.05, 3.63) is 40.4 Å². The lowest BCUT2D eigenvalue weighted by Crippen LogP contribution is -2.30. The van der Waals surface area contributed by atoms with Crippen molar-refractivity contribution in [1.29, 1.82) is 0 Å². The van der Waals surface area contributed by atoms with Gasteiger partial charge in [-0.05, 0) is 43.5 Å². The van der Waals surface area contributed by atoms with Crippen LogP contribution in [0, 0.1) is 6.92 Å². The third-order valence-electron chi connectivity index (χ3n) is 2.62. The quantitative estimate of drug-likeness (QED) is 0.815. The van der Waals surface area contributed by atoms with Crippen LogP contribution >= 0.6 is 11.6 Å². The van der Waals surface area contributed by atoms with Crippen LogP contribution < -0.4 is 5.32 Å². The lowest BCUT2D eigenvalue weighted by Gasteiger charge is -2.08. The number of benzene rings is 1. The van der Waals surface area contributed by atoms with Crippen LogP contribution in [0.25, 0.3) is 6.08 Å². The van der Waals surface area contributed by atoms with Gasteiger partial charge in [0.05, 0.1) is 0 Å². The summed E-state index contributed by atoms with van der Waals surface area (Å²) in [5.41, 5.74) is 1.97. The Hall–Kier alpha value is -1.28. The standard InChI is InChI=1S/C14H18ClNO/c1-4-11(3)16-14(17)8-7-12-6-5-10(2)13(15)9-12/h5-9,11H,4H2,1-3H3,(H,16,17).